The van der Waals surface area contributed by atoms with Crippen molar-refractivity contribution in [2.75, 3.05) is 12.4 Å². The average molecular weight is 445 g/mol. The second-order valence-electron chi connectivity index (χ2n) is 7.09. The topological polar surface area (TPSA) is 114 Å². The van der Waals surface area contributed by atoms with Gasteiger partial charge in [-0.05, 0) is 60.5 Å². The Labute approximate surface area is 185 Å². The van der Waals surface area contributed by atoms with E-state index in [9.17, 15) is 9.90 Å². The molecule has 0 saturated carbocycles. The summed E-state index contributed by atoms with van der Waals surface area (Å²) in [7, 11) is 1.61. The lowest BCUT2D eigenvalue weighted by atomic mass is 10.1. The van der Waals surface area contributed by atoms with Gasteiger partial charge in [0.1, 0.15) is 5.75 Å². The lowest BCUT2D eigenvalue weighted by Gasteiger charge is -2.16. The van der Waals surface area contributed by atoms with E-state index in [4.69, 9.17) is 16.3 Å². The van der Waals surface area contributed by atoms with E-state index in [1.807, 2.05) is 24.3 Å². The van der Waals surface area contributed by atoms with E-state index < -0.39 is 18.2 Å². The zero-order valence-corrected chi connectivity index (χ0v) is 18.1. The maximum atomic E-state index is 12.6. The van der Waals surface area contributed by atoms with Gasteiger partial charge in [-0.15, -0.1) is 10.2 Å². The third kappa shape index (κ3) is 6.94. The monoisotopic (exact) mass is 444 g/mol. The second kappa shape index (κ2) is 10.7. The highest BCUT2D eigenvalue weighted by Crippen LogP contribution is 2.19. The van der Waals surface area contributed by atoms with Crippen molar-refractivity contribution in [1.29, 1.82) is 0 Å². The molecule has 0 spiro atoms. The smallest absolute Gasteiger partial charge is 0.319 e. The number of aromatic nitrogens is 4. The van der Waals surface area contributed by atoms with Crippen LogP contribution in [0.25, 0.3) is 0 Å². The van der Waals surface area contributed by atoms with Gasteiger partial charge in [-0.1, -0.05) is 23.7 Å². The van der Waals surface area contributed by atoms with Gasteiger partial charge in [-0.3, -0.25) is 0 Å². The number of amides is 2. The van der Waals surface area contributed by atoms with E-state index in [1.165, 1.54) is 4.80 Å². The number of hydrogen-bond donors (Lipinski definition) is 3. The number of carbonyl (C=O) groups excluding carboxylic acids is 1. The highest BCUT2D eigenvalue weighted by atomic mass is 35.5. The predicted molar refractivity (Wildman–Crippen MR) is 117 cm³/mol. The number of aliphatic hydroxyl groups excluding tert-OH is 1. The molecule has 3 N–H and O–H groups in total. The number of nitrogens with zero attached hydrogens (tertiary/aromatic N) is 4. The molecule has 2 atom stereocenters. The summed E-state index contributed by atoms with van der Waals surface area (Å²) < 4.78 is 5.20. The van der Waals surface area contributed by atoms with Gasteiger partial charge in [0, 0.05) is 17.1 Å². The number of hydrogen-bond acceptors (Lipinski definition) is 6. The molecule has 0 bridgehead atoms. The van der Waals surface area contributed by atoms with Crippen molar-refractivity contribution in [3.63, 3.8) is 0 Å². The van der Waals surface area contributed by atoms with Crippen molar-refractivity contribution in [3.8, 4) is 5.75 Å². The molecular formula is C21H25ClN6O3. The first-order valence-corrected chi connectivity index (χ1v) is 10.2. The van der Waals surface area contributed by atoms with Gasteiger partial charge in [0.2, 0.25) is 0 Å². The summed E-state index contributed by atoms with van der Waals surface area (Å²) in [5.74, 6) is 1.13. The number of anilines is 1. The van der Waals surface area contributed by atoms with Gasteiger partial charge in [-0.2, -0.15) is 4.80 Å². The summed E-state index contributed by atoms with van der Waals surface area (Å²) in [6.07, 6.45) is 0.497. The Morgan fingerprint density at radius 2 is 1.90 bits per heavy atom. The molecule has 0 radical (unpaired) electrons. The Hall–Kier alpha value is -3.17. The van der Waals surface area contributed by atoms with Gasteiger partial charge in [0.25, 0.3) is 0 Å². The summed E-state index contributed by atoms with van der Waals surface area (Å²) in [4.78, 5) is 14.0. The lowest BCUT2D eigenvalue weighted by Crippen LogP contribution is -2.34. The van der Waals surface area contributed by atoms with Gasteiger partial charge in [0.05, 0.1) is 25.8 Å². The minimum Gasteiger partial charge on any atom is -0.497 e. The van der Waals surface area contributed by atoms with Crippen LogP contribution in [-0.4, -0.2) is 44.6 Å². The molecule has 0 fully saturated rings. The Morgan fingerprint density at radius 3 is 2.55 bits per heavy atom. The SMILES string of the molecule is COc1ccc(CC(NC(=O)Nc2ccc(Cl)cc2)c2nnn(CC[C@H](C)O)n2)cc1. The Balaban J connectivity index is 1.74. The molecule has 10 heteroatoms. The lowest BCUT2D eigenvalue weighted by molar-refractivity contribution is 0.173. The van der Waals surface area contributed by atoms with Crippen molar-refractivity contribution in [3.05, 3.63) is 64.9 Å². The fourth-order valence-corrected chi connectivity index (χ4v) is 2.98. The fraction of sp³-hybridized carbons (Fsp3) is 0.333. The van der Waals surface area contributed by atoms with Crippen LogP contribution in [-0.2, 0) is 13.0 Å². The molecule has 1 heterocycles. The molecule has 3 aromatic rings. The molecule has 1 aromatic heterocycles. The number of carbonyl (C=O) groups is 1. The summed E-state index contributed by atoms with van der Waals surface area (Å²) in [6.45, 7) is 2.13. The predicted octanol–water partition coefficient (Wildman–Crippen LogP) is 3.21. The number of aliphatic hydroxyl groups is 1. The molecule has 31 heavy (non-hydrogen) atoms. The van der Waals surface area contributed by atoms with E-state index in [0.29, 0.717) is 35.9 Å². The van der Waals surface area contributed by atoms with Crippen LogP contribution in [0.4, 0.5) is 10.5 Å². The van der Waals surface area contributed by atoms with Crippen LogP contribution >= 0.6 is 11.6 Å². The molecular weight excluding hydrogens is 420 g/mol. The maximum absolute atomic E-state index is 12.6. The van der Waals surface area contributed by atoms with Gasteiger partial charge >= 0.3 is 6.03 Å². The van der Waals surface area contributed by atoms with E-state index >= 15 is 0 Å². The number of ether oxygens (including phenoxy) is 1. The minimum atomic E-state index is -0.513. The first-order valence-electron chi connectivity index (χ1n) is 9.84. The molecule has 0 aliphatic heterocycles. The Bertz CT molecular complexity index is 976. The highest BCUT2D eigenvalue weighted by Gasteiger charge is 2.21. The number of halogens is 1. The van der Waals surface area contributed by atoms with Crippen molar-refractivity contribution in [2.45, 2.75) is 38.5 Å². The number of rotatable bonds is 9. The Morgan fingerprint density at radius 1 is 1.19 bits per heavy atom. The van der Waals surface area contributed by atoms with Crippen molar-refractivity contribution in [1.82, 2.24) is 25.5 Å². The summed E-state index contributed by atoms with van der Waals surface area (Å²) in [5.41, 5.74) is 1.58. The first kappa shape index (κ1) is 22.5. The molecule has 3 rings (SSSR count). The quantitative estimate of drug-likeness (QED) is 0.467. The average Bonchev–Trinajstić information content (AvgIpc) is 3.23. The van der Waals surface area contributed by atoms with Gasteiger partial charge < -0.3 is 20.5 Å². The maximum Gasteiger partial charge on any atom is 0.319 e. The standard InChI is InChI=1S/C21H25ClN6O3/c1-14(29)11-12-28-26-20(25-27-28)19(13-15-3-9-18(31-2)10-4-15)24-21(30)23-17-7-5-16(22)6-8-17/h3-10,14,19,29H,11-13H2,1-2H3,(H2,23,24,30)/t14-,19?/m0/s1. The van der Waals surface area contributed by atoms with Crippen molar-refractivity contribution < 1.29 is 14.6 Å². The summed E-state index contributed by atoms with van der Waals surface area (Å²) in [6, 6.07) is 13.5. The third-order valence-corrected chi connectivity index (χ3v) is 4.79. The van der Waals surface area contributed by atoms with E-state index in [-0.39, 0.29) is 0 Å². The number of aryl methyl sites for hydroxylation is 1. The number of urea groups is 1. The summed E-state index contributed by atoms with van der Waals surface area (Å²) >= 11 is 5.89. The molecule has 0 aliphatic rings. The Kier molecular flexibility index (Phi) is 7.80. The van der Waals surface area contributed by atoms with E-state index in [1.54, 1.807) is 38.3 Å². The molecule has 0 saturated heterocycles. The highest BCUT2D eigenvalue weighted by molar-refractivity contribution is 6.30. The molecule has 0 aliphatic carbocycles. The van der Waals surface area contributed by atoms with Crippen LogP contribution < -0.4 is 15.4 Å². The summed E-state index contributed by atoms with van der Waals surface area (Å²) in [5, 5.41) is 28.3. The first-order chi connectivity index (χ1) is 14.9. The van der Waals surface area contributed by atoms with Crippen LogP contribution in [0.15, 0.2) is 48.5 Å². The molecule has 2 aromatic carbocycles. The molecule has 9 nitrogen and oxygen atoms in total. The zero-order chi connectivity index (χ0) is 22.2. The van der Waals surface area contributed by atoms with Crippen LogP contribution in [0.5, 0.6) is 5.75 Å². The molecule has 164 valence electrons. The number of nitrogens with one attached hydrogen (secondary N) is 2. The number of tetrazole rings is 1. The number of methoxy groups -OCH3 is 1. The van der Waals surface area contributed by atoms with Crippen molar-refractivity contribution >= 4 is 23.3 Å². The number of benzene rings is 2. The van der Waals surface area contributed by atoms with Crippen LogP contribution in [0.2, 0.25) is 5.02 Å². The van der Waals surface area contributed by atoms with E-state index in [2.05, 4.69) is 26.0 Å². The van der Waals surface area contributed by atoms with Crippen molar-refractivity contribution in [2.24, 2.45) is 0 Å². The second-order valence-corrected chi connectivity index (χ2v) is 7.53. The fourth-order valence-electron chi connectivity index (χ4n) is 2.85. The van der Waals surface area contributed by atoms with Gasteiger partial charge in [-0.25, -0.2) is 4.79 Å². The van der Waals surface area contributed by atoms with Crippen LogP contribution in [0.3, 0.4) is 0 Å². The van der Waals surface area contributed by atoms with Crippen LogP contribution in [0.1, 0.15) is 30.8 Å². The molecule has 1 unspecified atom stereocenters. The molecule has 2 amide bonds. The minimum absolute atomic E-state index is 0.382. The largest absolute Gasteiger partial charge is 0.497 e. The van der Waals surface area contributed by atoms with E-state index in [0.717, 1.165) is 11.3 Å². The van der Waals surface area contributed by atoms with Crippen LogP contribution in [0, 0.1) is 0 Å². The zero-order valence-electron chi connectivity index (χ0n) is 17.3. The van der Waals surface area contributed by atoms with Gasteiger partial charge in [0.15, 0.2) is 5.82 Å². The third-order valence-electron chi connectivity index (χ3n) is 4.53. The normalized spacial score (nSPS) is 12.8.